The number of nitrogens with one attached hydrogen (secondary N) is 1. The summed E-state index contributed by atoms with van der Waals surface area (Å²) in [4.78, 5) is 19.5. The first kappa shape index (κ1) is 24.9. The molecule has 0 aromatic heterocycles. The van der Waals surface area contributed by atoms with Crippen LogP contribution in [0.1, 0.15) is 71.8 Å². The second kappa shape index (κ2) is 9.79. The van der Waals surface area contributed by atoms with Crippen molar-refractivity contribution in [3.05, 3.63) is 92.1 Å². The zero-order valence-electron chi connectivity index (χ0n) is 21.2. The predicted molar refractivity (Wildman–Crippen MR) is 136 cm³/mol. The van der Waals surface area contributed by atoms with E-state index in [0.717, 1.165) is 11.1 Å². The van der Waals surface area contributed by atoms with Crippen LogP contribution in [-0.4, -0.2) is 23.7 Å². The summed E-state index contributed by atoms with van der Waals surface area (Å²) in [5.74, 6) is -1.15. The second-order valence-electron chi connectivity index (χ2n) is 8.98. The van der Waals surface area contributed by atoms with E-state index >= 15 is 4.39 Å². The molecule has 0 saturated heterocycles. The molecule has 2 aromatic rings. The van der Waals surface area contributed by atoms with E-state index in [9.17, 15) is 15.3 Å². The van der Waals surface area contributed by atoms with Gasteiger partial charge >= 0.3 is 0 Å². The Hall–Kier alpha value is -4.23. The molecule has 0 aliphatic carbocycles. The third-order valence-electron chi connectivity index (χ3n) is 7.30. The molecule has 0 fully saturated rings. The third kappa shape index (κ3) is 3.87. The van der Waals surface area contributed by atoms with Gasteiger partial charge in [-0.15, -0.1) is 0 Å². The first-order valence-electron chi connectivity index (χ1n) is 12.0. The molecule has 1 N–H and O–H groups in total. The van der Waals surface area contributed by atoms with Crippen molar-refractivity contribution in [2.45, 2.75) is 53.0 Å². The number of nitriles is 2. The van der Waals surface area contributed by atoms with E-state index in [2.05, 4.69) is 22.4 Å². The first-order chi connectivity index (χ1) is 17.3. The lowest BCUT2D eigenvalue weighted by atomic mass is 9.78. The zero-order chi connectivity index (χ0) is 26.1. The molecular formula is C29H28FN5O. The normalized spacial score (nSPS) is 15.4. The maximum absolute atomic E-state index is 16.0. The molecule has 36 heavy (non-hydrogen) atoms. The Balaban J connectivity index is 1.85. The summed E-state index contributed by atoms with van der Waals surface area (Å²) in [5.41, 5.74) is 5.62. The number of nitrogens with zero attached hydrogens (tertiary/aromatic N) is 4. The predicted octanol–water partition coefficient (Wildman–Crippen LogP) is 5.26. The van der Waals surface area contributed by atoms with Gasteiger partial charge < -0.3 is 10.2 Å². The average Bonchev–Trinajstić information content (AvgIpc) is 3.28. The smallest absolute Gasteiger partial charge is 0.257 e. The Labute approximate surface area is 211 Å². The molecule has 4 rings (SSSR count). The summed E-state index contributed by atoms with van der Waals surface area (Å²) in [6.07, 6.45) is 1.13. The monoisotopic (exact) mass is 481 g/mol. The summed E-state index contributed by atoms with van der Waals surface area (Å²) in [6, 6.07) is 13.5. The minimum atomic E-state index is -0.829. The molecule has 2 aromatic carbocycles. The molecule has 1 amide bonds. The quantitative estimate of drug-likeness (QED) is 0.644. The fourth-order valence-corrected chi connectivity index (χ4v) is 5.10. The molecule has 0 bridgehead atoms. The maximum Gasteiger partial charge on any atom is 0.257 e. The topological polar surface area (TPSA) is 92.3 Å². The molecule has 0 unspecified atom stereocenters. The number of benzene rings is 2. The van der Waals surface area contributed by atoms with Crippen LogP contribution in [0.3, 0.4) is 0 Å². The first-order valence-corrected chi connectivity index (χ1v) is 12.0. The van der Waals surface area contributed by atoms with Crippen LogP contribution in [0.25, 0.3) is 0 Å². The SMILES string of the molecule is CCc1ccccc1C(=O)NC1=NCc2c1cc(C1C(C#N)=C(C)N(C)C(C)=C1C#N)c(F)c2CC. The van der Waals surface area contributed by atoms with Gasteiger partial charge in [0.05, 0.1) is 35.7 Å². The minimum absolute atomic E-state index is 0.253. The van der Waals surface area contributed by atoms with Crippen LogP contribution in [0.5, 0.6) is 0 Å². The molecule has 2 aliphatic rings. The van der Waals surface area contributed by atoms with E-state index < -0.39 is 11.7 Å². The molecule has 2 aliphatic heterocycles. The van der Waals surface area contributed by atoms with Gasteiger partial charge in [0, 0.05) is 35.1 Å². The average molecular weight is 482 g/mol. The highest BCUT2D eigenvalue weighted by atomic mass is 19.1. The number of aliphatic imine (C=N–C) groups is 1. The molecule has 7 heteroatoms. The number of carbonyl (C=O) groups excluding carboxylic acids is 1. The molecule has 0 saturated carbocycles. The van der Waals surface area contributed by atoms with E-state index in [1.807, 2.05) is 32.0 Å². The van der Waals surface area contributed by atoms with Crippen molar-refractivity contribution < 1.29 is 9.18 Å². The Kier molecular flexibility index (Phi) is 6.77. The number of allylic oxidation sites excluding steroid dienone is 4. The van der Waals surface area contributed by atoms with Crippen LogP contribution >= 0.6 is 0 Å². The Bertz CT molecular complexity index is 1410. The summed E-state index contributed by atoms with van der Waals surface area (Å²) >= 11 is 0. The van der Waals surface area contributed by atoms with Gasteiger partial charge in [0.1, 0.15) is 11.7 Å². The van der Waals surface area contributed by atoms with Crippen molar-refractivity contribution >= 4 is 11.7 Å². The Morgan fingerprint density at radius 2 is 1.78 bits per heavy atom. The number of hydrogen-bond donors (Lipinski definition) is 1. The van der Waals surface area contributed by atoms with Gasteiger partial charge in [-0.3, -0.25) is 9.79 Å². The number of amides is 1. The van der Waals surface area contributed by atoms with Gasteiger partial charge in [0.2, 0.25) is 0 Å². The van der Waals surface area contributed by atoms with Crippen molar-refractivity contribution in [3.63, 3.8) is 0 Å². The van der Waals surface area contributed by atoms with E-state index in [0.29, 0.717) is 57.9 Å². The van der Waals surface area contributed by atoms with Crippen molar-refractivity contribution in [2.75, 3.05) is 7.05 Å². The summed E-state index contributed by atoms with van der Waals surface area (Å²) < 4.78 is 16.0. The van der Waals surface area contributed by atoms with E-state index in [-0.39, 0.29) is 18.0 Å². The highest BCUT2D eigenvalue weighted by Gasteiger charge is 2.36. The van der Waals surface area contributed by atoms with Crippen LogP contribution in [0, 0.1) is 28.5 Å². The lowest BCUT2D eigenvalue weighted by molar-refractivity contribution is 0.0976. The Morgan fingerprint density at radius 1 is 1.14 bits per heavy atom. The summed E-state index contributed by atoms with van der Waals surface area (Å²) in [5, 5.41) is 22.9. The maximum atomic E-state index is 16.0. The van der Waals surface area contributed by atoms with E-state index in [4.69, 9.17) is 0 Å². The van der Waals surface area contributed by atoms with E-state index in [1.54, 1.807) is 37.9 Å². The molecular weight excluding hydrogens is 453 g/mol. The van der Waals surface area contributed by atoms with Crippen LogP contribution in [0.4, 0.5) is 4.39 Å². The molecule has 2 heterocycles. The molecule has 182 valence electrons. The number of amidine groups is 1. The van der Waals surface area contributed by atoms with Crippen molar-refractivity contribution in [2.24, 2.45) is 4.99 Å². The van der Waals surface area contributed by atoms with Crippen LogP contribution in [0.15, 0.2) is 57.9 Å². The van der Waals surface area contributed by atoms with Crippen LogP contribution in [0.2, 0.25) is 0 Å². The van der Waals surface area contributed by atoms with Gasteiger partial charge in [-0.05, 0) is 55.5 Å². The summed E-state index contributed by atoms with van der Waals surface area (Å²) in [7, 11) is 1.79. The highest BCUT2D eigenvalue weighted by Crippen LogP contribution is 2.43. The van der Waals surface area contributed by atoms with Gasteiger partial charge in [-0.1, -0.05) is 32.0 Å². The lowest BCUT2D eigenvalue weighted by Crippen LogP contribution is -2.31. The molecule has 0 spiro atoms. The largest absolute Gasteiger partial charge is 0.350 e. The Morgan fingerprint density at radius 3 is 2.36 bits per heavy atom. The fourth-order valence-electron chi connectivity index (χ4n) is 5.10. The van der Waals surface area contributed by atoms with Crippen LogP contribution < -0.4 is 5.32 Å². The summed E-state index contributed by atoms with van der Waals surface area (Å²) in [6.45, 7) is 7.71. The molecule has 6 nitrogen and oxygen atoms in total. The number of rotatable bonds is 4. The standard InChI is InChI=1S/C29H28FN5O/c1-6-18-10-8-9-11-20(18)29(36)34-28-21-12-22(27(30)19(7-2)25(21)15-33-28)26-23(13-31)16(3)35(5)17(4)24(26)14-32/h8-12,26H,6-7,15H2,1-5H3,(H,33,34,36). The van der Waals surface area contributed by atoms with Crippen molar-refractivity contribution in [1.29, 1.82) is 10.5 Å². The highest BCUT2D eigenvalue weighted by molar-refractivity contribution is 6.14. The van der Waals surface area contributed by atoms with Crippen molar-refractivity contribution in [3.8, 4) is 12.1 Å². The molecule has 0 radical (unpaired) electrons. The third-order valence-corrected chi connectivity index (χ3v) is 7.30. The van der Waals surface area contributed by atoms with Gasteiger partial charge in [0.15, 0.2) is 0 Å². The number of aryl methyl sites for hydroxylation is 1. The van der Waals surface area contributed by atoms with Gasteiger partial charge in [-0.2, -0.15) is 10.5 Å². The number of carbonyl (C=O) groups is 1. The lowest BCUT2D eigenvalue weighted by Gasteiger charge is -2.33. The zero-order valence-corrected chi connectivity index (χ0v) is 21.2. The van der Waals surface area contributed by atoms with E-state index in [1.165, 1.54) is 0 Å². The van der Waals surface area contributed by atoms with Gasteiger partial charge in [0.25, 0.3) is 5.91 Å². The molecule has 0 atom stereocenters. The fraction of sp³-hybridized carbons (Fsp3) is 0.310. The van der Waals surface area contributed by atoms with Crippen LogP contribution in [-0.2, 0) is 19.4 Å². The number of halogens is 1. The van der Waals surface area contributed by atoms with Gasteiger partial charge in [-0.25, -0.2) is 4.39 Å². The second-order valence-corrected chi connectivity index (χ2v) is 8.98. The number of hydrogen-bond acceptors (Lipinski definition) is 5. The number of fused-ring (bicyclic) bond motifs is 1. The van der Waals surface area contributed by atoms with Crippen molar-refractivity contribution in [1.82, 2.24) is 10.2 Å². The minimum Gasteiger partial charge on any atom is -0.350 e.